The molecule has 3 N–H and O–H groups in total. The van der Waals surface area contributed by atoms with Crippen LogP contribution in [0.3, 0.4) is 0 Å². The first kappa shape index (κ1) is 12.8. The summed E-state index contributed by atoms with van der Waals surface area (Å²) in [6, 6.07) is 3.40. The predicted octanol–water partition coefficient (Wildman–Crippen LogP) is 1.97. The predicted molar refractivity (Wildman–Crippen MR) is 68.5 cm³/mol. The molecule has 1 heterocycles. The molecule has 0 spiro atoms. The van der Waals surface area contributed by atoms with Crippen LogP contribution in [-0.4, -0.2) is 13.4 Å². The topological polar surface area (TPSA) is 85.1 Å². The van der Waals surface area contributed by atoms with Crippen LogP contribution in [0.25, 0.3) is 0 Å². The largest absolute Gasteiger partial charge is 0.399 e. The normalized spacial score (nSPS) is 11.4. The molecule has 0 saturated heterocycles. The lowest BCUT2D eigenvalue weighted by molar-refractivity contribution is 0.571. The van der Waals surface area contributed by atoms with Crippen molar-refractivity contribution in [1.29, 1.82) is 0 Å². The van der Waals surface area contributed by atoms with Gasteiger partial charge in [-0.3, -0.25) is 4.72 Å². The Balaban J connectivity index is 2.36. The van der Waals surface area contributed by atoms with Gasteiger partial charge >= 0.3 is 0 Å². The second-order valence-corrected chi connectivity index (χ2v) is 6.46. The van der Waals surface area contributed by atoms with E-state index in [9.17, 15) is 12.8 Å². The fourth-order valence-corrected chi connectivity index (χ4v) is 3.27. The maximum atomic E-state index is 13.5. The molecule has 0 atom stereocenters. The van der Waals surface area contributed by atoms with Crippen molar-refractivity contribution in [2.24, 2.45) is 0 Å². The quantitative estimate of drug-likeness (QED) is 0.845. The highest BCUT2D eigenvalue weighted by atomic mass is 32.2. The maximum Gasteiger partial charge on any atom is 0.266 e. The molecule has 1 aromatic carbocycles. The van der Waals surface area contributed by atoms with Gasteiger partial charge in [-0.15, -0.1) is 11.3 Å². The van der Waals surface area contributed by atoms with Gasteiger partial charge < -0.3 is 5.73 Å². The van der Waals surface area contributed by atoms with Crippen LogP contribution in [0, 0.1) is 12.7 Å². The number of sulfonamides is 1. The van der Waals surface area contributed by atoms with E-state index in [4.69, 9.17) is 5.73 Å². The van der Waals surface area contributed by atoms with Crippen LogP contribution in [0.5, 0.6) is 0 Å². The molecule has 1 aromatic heterocycles. The number of hydrogen-bond acceptors (Lipinski definition) is 5. The number of aryl methyl sites for hydroxylation is 1. The maximum absolute atomic E-state index is 13.5. The number of halogens is 1. The Kier molecular flexibility index (Phi) is 3.22. The molecule has 0 saturated carbocycles. The van der Waals surface area contributed by atoms with Crippen LogP contribution in [0.15, 0.2) is 29.3 Å². The van der Waals surface area contributed by atoms with Crippen molar-refractivity contribution >= 4 is 32.2 Å². The molecule has 0 fully saturated rings. The molecule has 18 heavy (non-hydrogen) atoms. The second-order valence-electron chi connectivity index (χ2n) is 3.57. The van der Waals surface area contributed by atoms with E-state index in [1.54, 1.807) is 6.92 Å². The van der Waals surface area contributed by atoms with Gasteiger partial charge in [0, 0.05) is 16.8 Å². The lowest BCUT2D eigenvalue weighted by atomic mass is 10.3. The van der Waals surface area contributed by atoms with E-state index in [-0.39, 0.29) is 10.8 Å². The first-order valence-electron chi connectivity index (χ1n) is 4.89. The van der Waals surface area contributed by atoms with E-state index in [1.807, 2.05) is 0 Å². The van der Waals surface area contributed by atoms with Gasteiger partial charge in [0.1, 0.15) is 10.7 Å². The van der Waals surface area contributed by atoms with Crippen LogP contribution in [-0.2, 0) is 10.0 Å². The summed E-state index contributed by atoms with van der Waals surface area (Å²) in [6.45, 7) is 1.79. The number of nitrogens with zero attached hydrogens (tertiary/aromatic N) is 1. The van der Waals surface area contributed by atoms with Gasteiger partial charge in [-0.05, 0) is 25.1 Å². The fraction of sp³-hybridized carbons (Fsp3) is 0.100. The van der Waals surface area contributed by atoms with Crippen LogP contribution >= 0.6 is 11.3 Å². The third kappa shape index (κ3) is 2.59. The average Bonchev–Trinajstić information content (AvgIpc) is 2.62. The Morgan fingerprint density at radius 2 is 2.17 bits per heavy atom. The summed E-state index contributed by atoms with van der Waals surface area (Å²) in [4.78, 5) is 4.25. The average molecular weight is 287 g/mol. The van der Waals surface area contributed by atoms with Crippen LogP contribution in [0.2, 0.25) is 0 Å². The van der Waals surface area contributed by atoms with Crippen LogP contribution < -0.4 is 10.5 Å². The molecule has 0 amide bonds. The molecule has 0 aliphatic heterocycles. The highest BCUT2D eigenvalue weighted by molar-refractivity contribution is 7.93. The summed E-state index contributed by atoms with van der Waals surface area (Å²) in [6.07, 6.45) is 1.53. The van der Waals surface area contributed by atoms with E-state index in [1.165, 1.54) is 23.6 Å². The number of hydrogen-bond donors (Lipinski definition) is 2. The van der Waals surface area contributed by atoms with Crippen molar-refractivity contribution in [1.82, 2.24) is 4.98 Å². The summed E-state index contributed by atoms with van der Waals surface area (Å²) in [5.41, 5.74) is 5.52. The zero-order valence-corrected chi connectivity index (χ0v) is 11.0. The smallest absolute Gasteiger partial charge is 0.266 e. The number of thiazole rings is 1. The molecule has 0 radical (unpaired) electrons. The van der Waals surface area contributed by atoms with E-state index in [0.29, 0.717) is 0 Å². The van der Waals surface area contributed by atoms with Gasteiger partial charge in [-0.2, -0.15) is 0 Å². The number of aromatic nitrogens is 1. The van der Waals surface area contributed by atoms with Gasteiger partial charge in [-0.1, -0.05) is 0 Å². The molecular weight excluding hydrogens is 277 g/mol. The van der Waals surface area contributed by atoms with E-state index < -0.39 is 20.7 Å². The van der Waals surface area contributed by atoms with E-state index in [2.05, 4.69) is 9.71 Å². The summed E-state index contributed by atoms with van der Waals surface area (Å²) >= 11 is 1.17. The third-order valence-electron chi connectivity index (χ3n) is 2.09. The first-order chi connectivity index (χ1) is 8.38. The third-order valence-corrected chi connectivity index (χ3v) is 4.42. The minimum Gasteiger partial charge on any atom is -0.399 e. The molecule has 2 aromatic rings. The van der Waals surface area contributed by atoms with Crippen molar-refractivity contribution in [3.8, 4) is 0 Å². The van der Waals surface area contributed by atoms with Crippen molar-refractivity contribution in [2.45, 2.75) is 11.8 Å². The molecule has 2 rings (SSSR count). The zero-order valence-electron chi connectivity index (χ0n) is 9.34. The standard InChI is InChI=1S/C10H10FN3O2S2/c1-6-5-13-10(17-6)14-18(15,16)9-3-2-7(12)4-8(9)11/h2-5H,12H2,1H3,(H,13,14). The number of nitrogen functional groups attached to an aromatic ring is 1. The summed E-state index contributed by atoms with van der Waals surface area (Å²) in [7, 11) is -3.98. The first-order valence-corrected chi connectivity index (χ1v) is 7.19. The van der Waals surface area contributed by atoms with Crippen molar-refractivity contribution in [3.63, 3.8) is 0 Å². The lowest BCUT2D eigenvalue weighted by Gasteiger charge is -2.06. The minimum absolute atomic E-state index is 0.163. The number of nitrogens with one attached hydrogen (secondary N) is 1. The van der Waals surface area contributed by atoms with Crippen LogP contribution in [0.4, 0.5) is 15.2 Å². The minimum atomic E-state index is -3.98. The monoisotopic (exact) mass is 287 g/mol. The van der Waals surface area contributed by atoms with Gasteiger partial charge in [0.05, 0.1) is 0 Å². The van der Waals surface area contributed by atoms with Gasteiger partial charge in [-0.25, -0.2) is 17.8 Å². The zero-order chi connectivity index (χ0) is 13.3. The Morgan fingerprint density at radius 1 is 1.44 bits per heavy atom. The molecule has 8 heteroatoms. The summed E-state index contributed by atoms with van der Waals surface area (Å²) in [5.74, 6) is -0.893. The summed E-state index contributed by atoms with van der Waals surface area (Å²) < 4.78 is 39.6. The second kappa shape index (κ2) is 4.54. The van der Waals surface area contributed by atoms with Crippen molar-refractivity contribution < 1.29 is 12.8 Å². The number of benzene rings is 1. The Bertz CT molecular complexity index is 682. The molecule has 0 aliphatic carbocycles. The Labute approximate surface area is 108 Å². The van der Waals surface area contributed by atoms with E-state index >= 15 is 0 Å². The summed E-state index contributed by atoms with van der Waals surface area (Å²) in [5, 5.41) is 0.198. The molecule has 0 bridgehead atoms. The molecule has 5 nitrogen and oxygen atoms in total. The molecule has 0 unspecified atom stereocenters. The fourth-order valence-electron chi connectivity index (χ4n) is 1.31. The highest BCUT2D eigenvalue weighted by Gasteiger charge is 2.20. The molecule has 96 valence electrons. The van der Waals surface area contributed by atoms with Crippen molar-refractivity contribution in [2.75, 3.05) is 10.5 Å². The van der Waals surface area contributed by atoms with E-state index in [0.717, 1.165) is 17.0 Å². The number of nitrogens with two attached hydrogens (primary N) is 1. The van der Waals surface area contributed by atoms with Crippen LogP contribution in [0.1, 0.15) is 4.88 Å². The molecular formula is C10H10FN3O2S2. The lowest BCUT2D eigenvalue weighted by Crippen LogP contribution is -2.14. The number of rotatable bonds is 3. The van der Waals surface area contributed by atoms with Crippen molar-refractivity contribution in [3.05, 3.63) is 35.1 Å². The van der Waals surface area contributed by atoms with Gasteiger partial charge in [0.2, 0.25) is 0 Å². The van der Waals surface area contributed by atoms with Gasteiger partial charge in [0.25, 0.3) is 10.0 Å². The molecule has 0 aliphatic rings. The van der Waals surface area contributed by atoms with Gasteiger partial charge in [0.15, 0.2) is 5.13 Å². The Hall–Kier alpha value is -1.67. The Morgan fingerprint density at radius 3 is 2.72 bits per heavy atom. The number of anilines is 2. The SMILES string of the molecule is Cc1cnc(NS(=O)(=O)c2ccc(N)cc2F)s1. The highest BCUT2D eigenvalue weighted by Crippen LogP contribution is 2.23.